The van der Waals surface area contributed by atoms with Crippen LogP contribution in [0, 0.1) is 13.8 Å². The molecule has 0 bridgehead atoms. The molecule has 4 nitrogen and oxygen atoms in total. The highest BCUT2D eigenvalue weighted by Crippen LogP contribution is 2.15. The fraction of sp³-hybridized carbons (Fsp3) is 0.556. The molecule has 1 aromatic rings. The number of imidazole rings is 1. The van der Waals surface area contributed by atoms with Gasteiger partial charge >= 0.3 is 5.97 Å². The molecule has 0 amide bonds. The Hall–Kier alpha value is -1.39. The lowest BCUT2D eigenvalue weighted by atomic mass is 10.4. The third-order valence-corrected chi connectivity index (χ3v) is 2.01. The number of aromatic nitrogens is 2. The monoisotopic (exact) mass is 200 g/mol. The summed E-state index contributed by atoms with van der Waals surface area (Å²) in [5, 5.41) is 0. The number of hydrogen-bond acceptors (Lipinski definition) is 3. The van der Waals surface area contributed by atoms with E-state index < -0.39 is 12.3 Å². The second-order valence-corrected chi connectivity index (χ2v) is 2.91. The lowest BCUT2D eigenvalue weighted by molar-refractivity contribution is -0.152. The van der Waals surface area contributed by atoms with Crippen LogP contribution in [0.3, 0.4) is 0 Å². The van der Waals surface area contributed by atoms with E-state index in [0.29, 0.717) is 11.4 Å². The Balaban J connectivity index is 2.83. The molecule has 0 aliphatic rings. The van der Waals surface area contributed by atoms with Crippen molar-refractivity contribution in [1.82, 2.24) is 9.55 Å². The van der Waals surface area contributed by atoms with Gasteiger partial charge in [-0.15, -0.1) is 0 Å². The van der Waals surface area contributed by atoms with Crippen LogP contribution in [0.15, 0.2) is 6.33 Å². The van der Waals surface area contributed by atoms with Crippen LogP contribution >= 0.6 is 0 Å². The Morgan fingerprint density at radius 3 is 2.79 bits per heavy atom. The summed E-state index contributed by atoms with van der Waals surface area (Å²) in [6.45, 7) is 5.26. The summed E-state index contributed by atoms with van der Waals surface area (Å²) in [4.78, 5) is 15.0. The Morgan fingerprint density at radius 2 is 2.36 bits per heavy atom. The molecule has 0 N–H and O–H groups in total. The zero-order valence-electron chi connectivity index (χ0n) is 8.45. The Labute approximate surface area is 81.7 Å². The minimum Gasteiger partial charge on any atom is -0.462 e. The fourth-order valence-electron chi connectivity index (χ4n) is 1.07. The van der Waals surface area contributed by atoms with Gasteiger partial charge in [0.1, 0.15) is 0 Å². The zero-order chi connectivity index (χ0) is 10.7. The Bertz CT molecular complexity index is 336. The second-order valence-electron chi connectivity index (χ2n) is 2.91. The van der Waals surface area contributed by atoms with E-state index in [2.05, 4.69) is 9.72 Å². The van der Waals surface area contributed by atoms with E-state index in [4.69, 9.17) is 0 Å². The van der Waals surface area contributed by atoms with Crippen LogP contribution in [0.1, 0.15) is 24.6 Å². The van der Waals surface area contributed by atoms with Crippen LogP contribution in [0.4, 0.5) is 4.39 Å². The number of hydrogen-bond donors (Lipinski definition) is 0. The maximum Gasteiger partial charge on any atom is 0.362 e. The molecule has 0 saturated heterocycles. The molecule has 0 spiro atoms. The first-order valence-electron chi connectivity index (χ1n) is 4.38. The van der Waals surface area contributed by atoms with Crippen molar-refractivity contribution in [1.29, 1.82) is 0 Å². The summed E-state index contributed by atoms with van der Waals surface area (Å²) in [6.07, 6.45) is -0.497. The molecule has 0 aliphatic heterocycles. The van der Waals surface area contributed by atoms with Crippen LogP contribution in [0.2, 0.25) is 0 Å². The first kappa shape index (κ1) is 10.7. The third kappa shape index (κ3) is 1.92. The summed E-state index contributed by atoms with van der Waals surface area (Å²) < 4.78 is 19.2. The summed E-state index contributed by atoms with van der Waals surface area (Å²) in [5.41, 5.74) is 1.34. The molecule has 78 valence electrons. The summed E-state index contributed by atoms with van der Waals surface area (Å²) in [5.74, 6) is -0.881. The highest BCUT2D eigenvalue weighted by molar-refractivity contribution is 5.72. The van der Waals surface area contributed by atoms with E-state index in [0.717, 1.165) is 4.57 Å². The molecule has 1 rings (SSSR count). The molecule has 1 aromatic heterocycles. The molecule has 0 fully saturated rings. The number of aryl methyl sites for hydroxylation is 1. The van der Waals surface area contributed by atoms with Crippen molar-refractivity contribution in [3.05, 3.63) is 17.7 Å². The maximum absolute atomic E-state index is 13.4. The number of ether oxygens (including phenoxy) is 1. The molecule has 0 aliphatic carbocycles. The van der Waals surface area contributed by atoms with Crippen molar-refractivity contribution < 1.29 is 13.9 Å². The van der Waals surface area contributed by atoms with E-state index in [1.54, 1.807) is 20.8 Å². The quantitative estimate of drug-likeness (QED) is 0.695. The number of carbonyl (C=O) groups excluding carboxylic acids is 1. The molecule has 5 heteroatoms. The van der Waals surface area contributed by atoms with Gasteiger partial charge in [-0.25, -0.2) is 14.2 Å². The van der Waals surface area contributed by atoms with Gasteiger partial charge in [-0.2, -0.15) is 0 Å². The van der Waals surface area contributed by atoms with Gasteiger partial charge in [-0.05, 0) is 20.8 Å². The van der Waals surface area contributed by atoms with Gasteiger partial charge in [0.2, 0.25) is 0 Å². The number of nitrogens with zero attached hydrogens (tertiary/aromatic N) is 2. The summed E-state index contributed by atoms with van der Waals surface area (Å²) >= 11 is 0. The first-order valence-corrected chi connectivity index (χ1v) is 4.38. The third-order valence-electron chi connectivity index (χ3n) is 2.01. The average molecular weight is 200 g/mol. The SMILES string of the molecule is CCOC(=O)C(F)n1cnc(C)c1C. The Kier molecular flexibility index (Phi) is 3.22. The topological polar surface area (TPSA) is 44.1 Å². The van der Waals surface area contributed by atoms with Crippen molar-refractivity contribution in [3.8, 4) is 0 Å². The van der Waals surface area contributed by atoms with Crippen molar-refractivity contribution >= 4 is 5.97 Å². The second kappa shape index (κ2) is 4.21. The number of rotatable bonds is 3. The Morgan fingerprint density at radius 1 is 1.71 bits per heavy atom. The molecule has 0 saturated carbocycles. The number of esters is 1. The van der Waals surface area contributed by atoms with Crippen LogP contribution in [-0.4, -0.2) is 22.1 Å². The van der Waals surface area contributed by atoms with E-state index in [-0.39, 0.29) is 6.61 Å². The molecule has 1 atom stereocenters. The predicted molar refractivity (Wildman–Crippen MR) is 48.5 cm³/mol. The van der Waals surface area contributed by atoms with Crippen molar-refractivity contribution in [2.45, 2.75) is 27.1 Å². The van der Waals surface area contributed by atoms with E-state index in [9.17, 15) is 9.18 Å². The molecule has 0 radical (unpaired) electrons. The fourth-order valence-corrected chi connectivity index (χ4v) is 1.07. The maximum atomic E-state index is 13.4. The zero-order valence-corrected chi connectivity index (χ0v) is 8.45. The standard InChI is InChI=1S/C9H13FN2O2/c1-4-14-9(13)8(10)12-5-11-6(2)7(12)3/h5,8H,4H2,1-3H3. The van der Waals surface area contributed by atoms with E-state index in [1.165, 1.54) is 6.33 Å². The van der Waals surface area contributed by atoms with Gasteiger partial charge in [-0.3, -0.25) is 4.57 Å². The van der Waals surface area contributed by atoms with Gasteiger partial charge < -0.3 is 4.74 Å². The van der Waals surface area contributed by atoms with Gasteiger partial charge in [0.15, 0.2) is 0 Å². The van der Waals surface area contributed by atoms with E-state index in [1.807, 2.05) is 0 Å². The molecule has 1 heterocycles. The van der Waals surface area contributed by atoms with Crippen LogP contribution < -0.4 is 0 Å². The lowest BCUT2D eigenvalue weighted by Crippen LogP contribution is -2.18. The molecule has 0 aromatic carbocycles. The van der Waals surface area contributed by atoms with Crippen molar-refractivity contribution in [2.24, 2.45) is 0 Å². The number of halogens is 1. The molecular weight excluding hydrogens is 187 g/mol. The number of carbonyl (C=O) groups is 1. The predicted octanol–water partition coefficient (Wildman–Crippen LogP) is 1.53. The summed E-state index contributed by atoms with van der Waals surface area (Å²) in [7, 11) is 0. The van der Waals surface area contributed by atoms with Crippen LogP contribution in [0.5, 0.6) is 0 Å². The van der Waals surface area contributed by atoms with Crippen molar-refractivity contribution in [2.75, 3.05) is 6.61 Å². The van der Waals surface area contributed by atoms with Crippen LogP contribution in [-0.2, 0) is 9.53 Å². The normalized spacial score (nSPS) is 12.6. The smallest absolute Gasteiger partial charge is 0.362 e. The van der Waals surface area contributed by atoms with Crippen molar-refractivity contribution in [3.63, 3.8) is 0 Å². The summed E-state index contributed by atoms with van der Waals surface area (Å²) in [6, 6.07) is 0. The molecule has 14 heavy (non-hydrogen) atoms. The molecular formula is C9H13FN2O2. The van der Waals surface area contributed by atoms with Gasteiger partial charge in [0.05, 0.1) is 18.6 Å². The van der Waals surface area contributed by atoms with Gasteiger partial charge in [-0.1, -0.05) is 0 Å². The van der Waals surface area contributed by atoms with Crippen LogP contribution in [0.25, 0.3) is 0 Å². The first-order chi connectivity index (χ1) is 6.57. The average Bonchev–Trinajstić information content (AvgIpc) is 2.47. The van der Waals surface area contributed by atoms with Gasteiger partial charge in [0.25, 0.3) is 6.30 Å². The van der Waals surface area contributed by atoms with Gasteiger partial charge in [0, 0.05) is 5.69 Å². The number of alkyl halides is 1. The highest BCUT2D eigenvalue weighted by atomic mass is 19.1. The minimum atomic E-state index is -1.80. The highest BCUT2D eigenvalue weighted by Gasteiger charge is 2.22. The minimum absolute atomic E-state index is 0.173. The molecule has 1 unspecified atom stereocenters. The largest absolute Gasteiger partial charge is 0.462 e. The van der Waals surface area contributed by atoms with E-state index >= 15 is 0 Å². The lowest BCUT2D eigenvalue weighted by Gasteiger charge is -2.10.